The fourth-order valence-electron chi connectivity index (χ4n) is 1.39. The molecule has 98 valence electrons. The van der Waals surface area contributed by atoms with Gasteiger partial charge in [-0.3, -0.25) is 4.79 Å². The molecule has 0 aliphatic heterocycles. The van der Waals surface area contributed by atoms with Crippen molar-refractivity contribution in [3.63, 3.8) is 0 Å². The van der Waals surface area contributed by atoms with Crippen LogP contribution in [0.1, 0.15) is 32.6 Å². The second kappa shape index (κ2) is 13.2. The number of carbonyl (C=O) groups excluding carboxylic acids is 1. The minimum absolute atomic E-state index is 0. The maximum absolute atomic E-state index is 11.1. The Balaban J connectivity index is 0. The molecule has 0 saturated carbocycles. The Hall–Kier alpha value is -0.830. The molecule has 0 aliphatic rings. The van der Waals surface area contributed by atoms with Crippen molar-refractivity contribution < 1.29 is 4.79 Å². The first-order chi connectivity index (χ1) is 7.72. The first kappa shape index (κ1) is 18.5. The van der Waals surface area contributed by atoms with Gasteiger partial charge in [0.25, 0.3) is 0 Å². The Bertz CT molecular complexity index is 182. The van der Waals surface area contributed by atoms with Crippen LogP contribution in [-0.2, 0) is 4.79 Å². The van der Waals surface area contributed by atoms with E-state index in [4.69, 9.17) is 5.73 Å². The van der Waals surface area contributed by atoms with Crippen molar-refractivity contribution in [2.45, 2.75) is 32.6 Å². The van der Waals surface area contributed by atoms with Crippen LogP contribution in [-0.4, -0.2) is 28.9 Å². The predicted molar refractivity (Wildman–Crippen MR) is 76.8 cm³/mol. The third kappa shape index (κ3) is 11.4. The van der Waals surface area contributed by atoms with Crippen molar-refractivity contribution in [2.24, 2.45) is 11.7 Å². The van der Waals surface area contributed by atoms with Crippen molar-refractivity contribution in [1.29, 1.82) is 0 Å². The molecule has 0 rings (SSSR count). The van der Waals surface area contributed by atoms with Crippen molar-refractivity contribution in [3.8, 4) is 0 Å². The number of hydrogen-bond donors (Lipinski definition) is 1. The third-order valence-corrected chi connectivity index (χ3v) is 4.41. The zero-order valence-corrected chi connectivity index (χ0v) is 19.0. The number of amides is 1. The number of rotatable bonds is 11. The number of nitrogens with two attached hydrogens (primary N) is 1. The van der Waals surface area contributed by atoms with Gasteiger partial charge >= 0.3 is 0 Å². The van der Waals surface area contributed by atoms with Gasteiger partial charge in [0.15, 0.2) is 0 Å². The summed E-state index contributed by atoms with van der Waals surface area (Å²) in [7, 11) is 0. The molecule has 0 fully saturated rings. The largest absolute Gasteiger partial charge is 0.369 e. The smallest absolute Gasteiger partial charge is 0.221 e. The van der Waals surface area contributed by atoms with E-state index in [1.54, 1.807) is 0 Å². The average molecular weight is 529 g/mol. The van der Waals surface area contributed by atoms with E-state index in [1.165, 1.54) is 18.6 Å². The van der Waals surface area contributed by atoms with E-state index < -0.39 is 0 Å². The molecule has 0 heterocycles. The standard InChI is InChI=1S/C12H24NOS2.Rf/c1-3-7-11(12(13)14)10-16-9-6-5-8-15-4-2;/h11H,2-10H2,1H3,(H2,13,14);/q-1;. The van der Waals surface area contributed by atoms with Gasteiger partial charge in [-0.15, -0.1) is 5.75 Å². The van der Waals surface area contributed by atoms with Crippen molar-refractivity contribution in [1.82, 2.24) is 0 Å². The topological polar surface area (TPSA) is 43.1 Å². The molecule has 1 atom stereocenters. The molecule has 0 spiro atoms. The third-order valence-electron chi connectivity index (χ3n) is 2.33. The summed E-state index contributed by atoms with van der Waals surface area (Å²) in [5.74, 6) is 4.15. The summed E-state index contributed by atoms with van der Waals surface area (Å²) < 4.78 is 0. The normalized spacial score (nSPS) is 11.9. The summed E-state index contributed by atoms with van der Waals surface area (Å²) in [6.07, 6.45) is 4.45. The second-order valence-electron chi connectivity index (χ2n) is 3.78. The van der Waals surface area contributed by atoms with E-state index in [9.17, 15) is 4.79 Å². The molecule has 0 bridgehead atoms. The molecule has 0 aromatic heterocycles. The molecule has 17 heavy (non-hydrogen) atoms. The van der Waals surface area contributed by atoms with Crippen LogP contribution in [0.4, 0.5) is 0 Å². The predicted octanol–water partition coefficient (Wildman–Crippen LogP) is 2.97. The Morgan fingerprint density at radius 3 is 2.35 bits per heavy atom. The quantitative estimate of drug-likeness (QED) is 0.331. The van der Waals surface area contributed by atoms with Crippen LogP contribution in [0.25, 0.3) is 0 Å². The summed E-state index contributed by atoms with van der Waals surface area (Å²) in [6.45, 7) is 5.88. The molecule has 0 aromatic carbocycles. The summed E-state index contributed by atoms with van der Waals surface area (Å²) in [5, 5.41) is 0. The first-order valence-corrected chi connectivity index (χ1v) is 8.27. The molecular weight excluding hydrogens is 505 g/mol. The van der Waals surface area contributed by atoms with Crippen LogP contribution in [0.5, 0.6) is 0 Å². The van der Waals surface area contributed by atoms with Crippen LogP contribution in [0, 0.1) is 12.8 Å². The maximum Gasteiger partial charge on any atom is 0.221 e. The van der Waals surface area contributed by atoms with Gasteiger partial charge < -0.3 is 12.7 Å². The van der Waals surface area contributed by atoms with Gasteiger partial charge in [0.1, 0.15) is 0 Å². The van der Waals surface area contributed by atoms with Crippen molar-refractivity contribution >= 4 is 29.4 Å². The maximum atomic E-state index is 11.1. The van der Waals surface area contributed by atoms with Gasteiger partial charge in [0.05, 0.1) is 0 Å². The molecule has 1 unspecified atom stereocenters. The van der Waals surface area contributed by atoms with Crippen molar-refractivity contribution in [2.75, 3.05) is 23.0 Å². The molecule has 0 aromatic rings. The van der Waals surface area contributed by atoms with Crippen molar-refractivity contribution in [3.05, 3.63) is 6.92 Å². The summed E-state index contributed by atoms with van der Waals surface area (Å²) >= 11 is 3.75. The second-order valence-corrected chi connectivity index (χ2v) is 6.16. The number of thioether (sulfide) groups is 2. The number of hydrogen-bond acceptors (Lipinski definition) is 3. The van der Waals surface area contributed by atoms with E-state index in [0.29, 0.717) is 0 Å². The van der Waals surface area contributed by atoms with E-state index in [1.807, 2.05) is 23.5 Å². The van der Waals surface area contributed by atoms with Crippen LogP contribution >= 0.6 is 23.5 Å². The Morgan fingerprint density at radius 2 is 1.88 bits per heavy atom. The number of unbranched alkanes of at least 4 members (excludes halogenated alkanes) is 1. The molecule has 2 N–H and O–H groups in total. The summed E-state index contributed by atoms with van der Waals surface area (Å²) in [5.41, 5.74) is 5.34. The molecule has 1 amide bonds. The number of carbonyl (C=O) groups is 1. The van der Waals surface area contributed by atoms with Gasteiger partial charge in [-0.1, -0.05) is 13.3 Å². The fraction of sp³-hybridized carbons (Fsp3) is 0.833. The Labute approximate surface area is 109 Å². The SMILES string of the molecule is [CH2-]CSCCCCSCC(CCC)C(N)=O.[Rf]. The van der Waals surface area contributed by atoms with Gasteiger partial charge in [-0.05, 0) is 30.8 Å². The first-order valence-electron chi connectivity index (χ1n) is 5.96. The molecular formula is C12H24NORfS2-. The molecule has 5 heteroatoms. The molecule has 2 nitrogen and oxygen atoms in total. The van der Waals surface area contributed by atoms with Crippen LogP contribution in [0.15, 0.2) is 0 Å². The fourth-order valence-corrected chi connectivity index (χ4v) is 3.19. The Morgan fingerprint density at radius 1 is 1.29 bits per heavy atom. The van der Waals surface area contributed by atoms with Gasteiger partial charge in [-0.2, -0.15) is 23.5 Å². The van der Waals surface area contributed by atoms with Crippen LogP contribution in [0.3, 0.4) is 0 Å². The zero-order valence-electron chi connectivity index (χ0n) is 11.0. The van der Waals surface area contributed by atoms with Gasteiger partial charge in [0, 0.05) is 11.7 Å². The van der Waals surface area contributed by atoms with Crippen LogP contribution in [0.2, 0.25) is 0 Å². The van der Waals surface area contributed by atoms with Gasteiger partial charge in [0.2, 0.25) is 5.91 Å². The summed E-state index contributed by atoms with van der Waals surface area (Å²) in [6, 6.07) is 0. The molecule has 0 radical (unpaired) electrons. The zero-order chi connectivity index (χ0) is 12.2. The Kier molecular flexibility index (Phi) is 14.4. The monoisotopic (exact) mass is 529 g/mol. The molecule has 0 aliphatic carbocycles. The van der Waals surface area contributed by atoms with E-state index >= 15 is 0 Å². The van der Waals surface area contributed by atoms with E-state index in [0.717, 1.165) is 30.1 Å². The number of primary amides is 1. The van der Waals surface area contributed by atoms with Crippen LogP contribution < -0.4 is 5.73 Å². The van der Waals surface area contributed by atoms with Gasteiger partial charge in [-0.25, -0.2) is 0 Å². The van der Waals surface area contributed by atoms with E-state index in [-0.39, 0.29) is 11.8 Å². The molecule has 0 saturated heterocycles. The van der Waals surface area contributed by atoms with E-state index in [2.05, 4.69) is 13.8 Å². The summed E-state index contributed by atoms with van der Waals surface area (Å²) in [4.78, 5) is 11.1. The average Bonchev–Trinajstić information content (AvgIpc) is 2.26. The minimum Gasteiger partial charge on any atom is -0.369 e. The minimum atomic E-state index is -0.137.